The Morgan fingerprint density at radius 1 is 1.04 bits per heavy atom. The third-order valence-electron chi connectivity index (χ3n) is 4.26. The molecule has 0 radical (unpaired) electrons. The van der Waals surface area contributed by atoms with E-state index in [2.05, 4.69) is 0 Å². The largest absolute Gasteiger partial charge is 0.472 e. The van der Waals surface area contributed by atoms with Gasteiger partial charge in [0.25, 0.3) is 0 Å². The standard InChI is InChI=1S/C19H21NO3S2/c1-14-9-16(3)19(10-15(14)2)25(21,22)20(11-17-6-7-23-13-17)12-18-5-4-8-24-18/h4-10,13H,11-12H2,1-3H3. The first-order valence-corrected chi connectivity index (χ1v) is 10.3. The van der Waals surface area contributed by atoms with Gasteiger partial charge in [-0.05, 0) is 61.0 Å². The summed E-state index contributed by atoms with van der Waals surface area (Å²) in [7, 11) is -3.62. The average Bonchev–Trinajstić information content (AvgIpc) is 3.23. The second-order valence-electron chi connectivity index (χ2n) is 6.19. The SMILES string of the molecule is Cc1cc(C)c(S(=O)(=O)N(Cc2ccoc2)Cc2cccs2)cc1C. The van der Waals surface area contributed by atoms with Gasteiger partial charge in [-0.25, -0.2) is 8.42 Å². The molecule has 0 aliphatic rings. The number of rotatable bonds is 6. The molecule has 0 saturated heterocycles. The molecule has 0 spiro atoms. The first kappa shape index (κ1) is 17.9. The van der Waals surface area contributed by atoms with Crippen LogP contribution in [0.3, 0.4) is 0 Å². The number of hydrogen-bond donors (Lipinski definition) is 0. The number of benzene rings is 1. The molecule has 0 amide bonds. The molecular formula is C19H21NO3S2. The van der Waals surface area contributed by atoms with Crippen molar-refractivity contribution in [3.05, 3.63) is 75.4 Å². The summed E-state index contributed by atoms with van der Waals surface area (Å²) in [6.07, 6.45) is 3.15. The predicted octanol–water partition coefficient (Wildman–Crippen LogP) is 4.66. The Labute approximate surface area is 152 Å². The third-order valence-corrected chi connectivity index (χ3v) is 7.06. The Morgan fingerprint density at radius 2 is 1.80 bits per heavy atom. The minimum absolute atomic E-state index is 0.281. The molecule has 2 heterocycles. The number of thiophene rings is 1. The van der Waals surface area contributed by atoms with Crippen molar-refractivity contribution < 1.29 is 12.8 Å². The second kappa shape index (κ2) is 7.15. The van der Waals surface area contributed by atoms with E-state index in [0.29, 0.717) is 11.4 Å². The smallest absolute Gasteiger partial charge is 0.243 e. The first-order chi connectivity index (χ1) is 11.9. The quantitative estimate of drug-likeness (QED) is 0.630. The van der Waals surface area contributed by atoms with Crippen LogP contribution in [0.1, 0.15) is 27.1 Å². The van der Waals surface area contributed by atoms with Crippen molar-refractivity contribution in [1.29, 1.82) is 0 Å². The van der Waals surface area contributed by atoms with Gasteiger partial charge in [-0.3, -0.25) is 0 Å². The molecule has 0 aliphatic carbocycles. The fourth-order valence-corrected chi connectivity index (χ4v) is 5.24. The van der Waals surface area contributed by atoms with E-state index in [4.69, 9.17) is 4.42 Å². The van der Waals surface area contributed by atoms with Gasteiger partial charge < -0.3 is 4.42 Å². The zero-order valence-corrected chi connectivity index (χ0v) is 16.2. The van der Waals surface area contributed by atoms with Crippen LogP contribution in [0.25, 0.3) is 0 Å². The highest BCUT2D eigenvalue weighted by atomic mass is 32.2. The van der Waals surface area contributed by atoms with E-state index < -0.39 is 10.0 Å². The maximum absolute atomic E-state index is 13.4. The van der Waals surface area contributed by atoms with E-state index in [1.54, 1.807) is 36.0 Å². The monoisotopic (exact) mass is 375 g/mol. The van der Waals surface area contributed by atoms with Gasteiger partial charge in [-0.15, -0.1) is 11.3 Å². The molecule has 4 nitrogen and oxygen atoms in total. The predicted molar refractivity (Wildman–Crippen MR) is 100 cm³/mol. The fourth-order valence-electron chi connectivity index (χ4n) is 2.74. The Kier molecular flexibility index (Phi) is 5.13. The molecule has 0 unspecified atom stereocenters. The van der Waals surface area contributed by atoms with Crippen LogP contribution in [-0.4, -0.2) is 12.7 Å². The van der Waals surface area contributed by atoms with Crippen molar-refractivity contribution in [2.24, 2.45) is 0 Å². The summed E-state index contributed by atoms with van der Waals surface area (Å²) in [6.45, 7) is 6.40. The molecule has 0 aliphatic heterocycles. The van der Waals surface area contributed by atoms with Crippen LogP contribution < -0.4 is 0 Å². The maximum Gasteiger partial charge on any atom is 0.243 e. The zero-order valence-electron chi connectivity index (χ0n) is 14.5. The van der Waals surface area contributed by atoms with Crippen LogP contribution in [0, 0.1) is 20.8 Å². The van der Waals surface area contributed by atoms with Gasteiger partial charge in [0.05, 0.1) is 17.4 Å². The molecule has 0 atom stereocenters. The summed E-state index contributed by atoms with van der Waals surface area (Å²) in [5.74, 6) is 0. The van der Waals surface area contributed by atoms with Crippen molar-refractivity contribution >= 4 is 21.4 Å². The molecule has 3 aromatic rings. The lowest BCUT2D eigenvalue weighted by Gasteiger charge is -2.23. The Morgan fingerprint density at radius 3 is 2.44 bits per heavy atom. The molecule has 132 valence electrons. The van der Waals surface area contributed by atoms with E-state index in [0.717, 1.165) is 27.1 Å². The maximum atomic E-state index is 13.4. The van der Waals surface area contributed by atoms with Crippen molar-refractivity contribution in [3.63, 3.8) is 0 Å². The fraction of sp³-hybridized carbons (Fsp3) is 0.263. The lowest BCUT2D eigenvalue weighted by atomic mass is 10.1. The van der Waals surface area contributed by atoms with Gasteiger partial charge in [0, 0.05) is 23.5 Å². The van der Waals surface area contributed by atoms with Crippen molar-refractivity contribution in [1.82, 2.24) is 4.31 Å². The first-order valence-electron chi connectivity index (χ1n) is 7.99. The van der Waals surface area contributed by atoms with E-state index in [1.165, 1.54) is 4.31 Å². The summed E-state index contributed by atoms with van der Waals surface area (Å²) in [5, 5.41) is 1.96. The van der Waals surface area contributed by atoms with Gasteiger partial charge in [0.15, 0.2) is 0 Å². The van der Waals surface area contributed by atoms with Gasteiger partial charge in [-0.2, -0.15) is 4.31 Å². The Hall–Kier alpha value is -1.89. The van der Waals surface area contributed by atoms with Gasteiger partial charge in [-0.1, -0.05) is 12.1 Å². The van der Waals surface area contributed by atoms with Gasteiger partial charge in [0.1, 0.15) is 0 Å². The molecule has 1 aromatic carbocycles. The minimum atomic E-state index is -3.62. The minimum Gasteiger partial charge on any atom is -0.472 e. The van der Waals surface area contributed by atoms with Crippen LogP contribution in [0.4, 0.5) is 0 Å². The van der Waals surface area contributed by atoms with Gasteiger partial charge in [0.2, 0.25) is 10.0 Å². The molecule has 6 heteroatoms. The number of nitrogens with zero attached hydrogens (tertiary/aromatic N) is 1. The molecule has 3 rings (SSSR count). The molecule has 2 aromatic heterocycles. The lowest BCUT2D eigenvalue weighted by Crippen LogP contribution is -2.30. The van der Waals surface area contributed by atoms with Crippen LogP contribution >= 0.6 is 11.3 Å². The van der Waals surface area contributed by atoms with Crippen molar-refractivity contribution in [3.8, 4) is 0 Å². The molecule has 0 saturated carbocycles. The molecule has 0 bridgehead atoms. The average molecular weight is 376 g/mol. The Bertz CT molecular complexity index is 907. The van der Waals surface area contributed by atoms with Crippen LogP contribution in [0.2, 0.25) is 0 Å². The molecule has 0 fully saturated rings. The highest BCUT2D eigenvalue weighted by molar-refractivity contribution is 7.89. The van der Waals surface area contributed by atoms with E-state index in [1.807, 2.05) is 44.4 Å². The van der Waals surface area contributed by atoms with Gasteiger partial charge >= 0.3 is 0 Å². The number of furan rings is 1. The van der Waals surface area contributed by atoms with Crippen LogP contribution in [0.5, 0.6) is 0 Å². The summed E-state index contributed by atoms with van der Waals surface area (Å²) in [6, 6.07) is 9.39. The highest BCUT2D eigenvalue weighted by Gasteiger charge is 2.27. The van der Waals surface area contributed by atoms with Crippen LogP contribution in [0.15, 0.2) is 57.6 Å². The number of hydrogen-bond acceptors (Lipinski definition) is 4. The summed E-state index contributed by atoms with van der Waals surface area (Å²) in [4.78, 5) is 1.38. The third kappa shape index (κ3) is 3.86. The second-order valence-corrected chi connectivity index (χ2v) is 9.12. The number of sulfonamides is 1. The summed E-state index contributed by atoms with van der Waals surface area (Å²) < 4.78 is 33.4. The molecule has 0 N–H and O–H groups in total. The molecular weight excluding hydrogens is 354 g/mol. The highest BCUT2D eigenvalue weighted by Crippen LogP contribution is 2.27. The zero-order chi connectivity index (χ0) is 18.0. The van der Waals surface area contributed by atoms with Crippen molar-refractivity contribution in [2.45, 2.75) is 38.8 Å². The lowest BCUT2D eigenvalue weighted by molar-refractivity contribution is 0.401. The van der Waals surface area contributed by atoms with E-state index >= 15 is 0 Å². The number of aryl methyl sites for hydroxylation is 3. The van der Waals surface area contributed by atoms with E-state index in [-0.39, 0.29) is 6.54 Å². The van der Waals surface area contributed by atoms with Crippen molar-refractivity contribution in [2.75, 3.05) is 0 Å². The van der Waals surface area contributed by atoms with Crippen LogP contribution in [-0.2, 0) is 23.1 Å². The topological polar surface area (TPSA) is 50.5 Å². The summed E-state index contributed by atoms with van der Waals surface area (Å²) in [5.41, 5.74) is 3.67. The Balaban J connectivity index is 2.02. The normalized spacial score (nSPS) is 12.0. The molecule has 25 heavy (non-hydrogen) atoms. The summed E-state index contributed by atoms with van der Waals surface area (Å²) >= 11 is 1.56. The van der Waals surface area contributed by atoms with E-state index in [9.17, 15) is 8.42 Å².